The van der Waals surface area contributed by atoms with Crippen LogP contribution < -0.4 is 10.1 Å². The van der Waals surface area contributed by atoms with Crippen LogP contribution in [0.5, 0.6) is 5.75 Å². The van der Waals surface area contributed by atoms with E-state index in [-0.39, 0.29) is 18.4 Å². The molecule has 1 aromatic carbocycles. The lowest BCUT2D eigenvalue weighted by atomic mass is 9.99. The van der Waals surface area contributed by atoms with Crippen LogP contribution in [-0.2, 0) is 14.3 Å². The van der Waals surface area contributed by atoms with Crippen LogP contribution in [0.4, 0.5) is 0 Å². The summed E-state index contributed by atoms with van der Waals surface area (Å²) in [4.78, 5) is 23.6. The van der Waals surface area contributed by atoms with Gasteiger partial charge in [0.05, 0.1) is 7.11 Å². The Morgan fingerprint density at radius 2 is 2.10 bits per heavy atom. The van der Waals surface area contributed by atoms with Crippen LogP contribution in [-0.4, -0.2) is 31.6 Å². The summed E-state index contributed by atoms with van der Waals surface area (Å²) in [6, 6.07) is 6.54. The van der Waals surface area contributed by atoms with Gasteiger partial charge in [0.15, 0.2) is 6.61 Å². The summed E-state index contributed by atoms with van der Waals surface area (Å²) in [6.45, 7) is 3.68. The van der Waals surface area contributed by atoms with Crippen molar-refractivity contribution in [2.24, 2.45) is 5.92 Å². The van der Waals surface area contributed by atoms with Crippen molar-refractivity contribution in [1.29, 1.82) is 0 Å². The molecular formula is C15H20BrNO4. The van der Waals surface area contributed by atoms with Crippen LogP contribution >= 0.6 is 15.9 Å². The van der Waals surface area contributed by atoms with E-state index < -0.39 is 12.0 Å². The smallest absolute Gasteiger partial charge is 0.328 e. The molecule has 0 aromatic heterocycles. The van der Waals surface area contributed by atoms with Crippen LogP contribution in [0.1, 0.15) is 20.3 Å². The van der Waals surface area contributed by atoms with Crippen molar-refractivity contribution < 1.29 is 19.1 Å². The molecule has 1 aromatic rings. The zero-order chi connectivity index (χ0) is 15.8. The van der Waals surface area contributed by atoms with E-state index in [0.29, 0.717) is 5.75 Å². The minimum atomic E-state index is -0.654. The zero-order valence-corrected chi connectivity index (χ0v) is 14.0. The average molecular weight is 358 g/mol. The number of methoxy groups -OCH3 is 1. The van der Waals surface area contributed by atoms with Gasteiger partial charge in [-0.2, -0.15) is 0 Å². The molecule has 0 aliphatic heterocycles. The van der Waals surface area contributed by atoms with Gasteiger partial charge in [-0.1, -0.05) is 42.3 Å². The van der Waals surface area contributed by atoms with Gasteiger partial charge in [-0.3, -0.25) is 4.79 Å². The predicted molar refractivity (Wildman–Crippen MR) is 83.0 cm³/mol. The van der Waals surface area contributed by atoms with Gasteiger partial charge in [0.1, 0.15) is 11.8 Å². The van der Waals surface area contributed by atoms with Crippen LogP contribution in [0.15, 0.2) is 28.7 Å². The largest absolute Gasteiger partial charge is 0.484 e. The predicted octanol–water partition coefficient (Wildman–Crippen LogP) is 2.53. The molecule has 0 spiro atoms. The molecule has 0 aliphatic carbocycles. The Kier molecular flexibility index (Phi) is 7.22. The van der Waals surface area contributed by atoms with Gasteiger partial charge < -0.3 is 14.8 Å². The lowest BCUT2D eigenvalue weighted by molar-refractivity contribution is -0.146. The van der Waals surface area contributed by atoms with Crippen molar-refractivity contribution >= 4 is 27.8 Å². The molecule has 0 aliphatic rings. The van der Waals surface area contributed by atoms with Crippen molar-refractivity contribution in [2.45, 2.75) is 26.3 Å². The lowest BCUT2D eigenvalue weighted by Crippen LogP contribution is -2.47. The molecule has 0 bridgehead atoms. The van der Waals surface area contributed by atoms with Crippen molar-refractivity contribution in [3.63, 3.8) is 0 Å². The Morgan fingerprint density at radius 3 is 2.67 bits per heavy atom. The van der Waals surface area contributed by atoms with Crippen molar-refractivity contribution in [2.75, 3.05) is 13.7 Å². The van der Waals surface area contributed by atoms with Crippen molar-refractivity contribution in [3.8, 4) is 5.75 Å². The molecule has 21 heavy (non-hydrogen) atoms. The number of hydrogen-bond donors (Lipinski definition) is 1. The normalized spacial score (nSPS) is 13.1. The third kappa shape index (κ3) is 5.75. The van der Waals surface area contributed by atoms with E-state index in [0.717, 1.165) is 10.9 Å². The minimum absolute atomic E-state index is 0.00716. The summed E-state index contributed by atoms with van der Waals surface area (Å²) in [5.41, 5.74) is 0. The first-order chi connectivity index (χ1) is 9.97. The Hall–Kier alpha value is -1.56. The molecule has 0 fully saturated rings. The first-order valence-corrected chi connectivity index (χ1v) is 7.52. The van der Waals surface area contributed by atoms with Gasteiger partial charge in [0, 0.05) is 4.47 Å². The van der Waals surface area contributed by atoms with E-state index in [2.05, 4.69) is 21.2 Å². The topological polar surface area (TPSA) is 64.6 Å². The van der Waals surface area contributed by atoms with E-state index in [1.54, 1.807) is 12.1 Å². The van der Waals surface area contributed by atoms with Crippen LogP contribution in [0.25, 0.3) is 0 Å². The second-order valence-electron chi connectivity index (χ2n) is 4.70. The van der Waals surface area contributed by atoms with Crippen molar-refractivity contribution in [1.82, 2.24) is 5.32 Å². The maximum Gasteiger partial charge on any atom is 0.328 e. The molecule has 0 radical (unpaired) electrons. The fourth-order valence-electron chi connectivity index (χ4n) is 1.72. The van der Waals surface area contributed by atoms with E-state index in [4.69, 9.17) is 9.47 Å². The number of hydrogen-bond acceptors (Lipinski definition) is 4. The first kappa shape index (κ1) is 17.5. The Labute approximate surface area is 133 Å². The highest BCUT2D eigenvalue weighted by Gasteiger charge is 2.26. The lowest BCUT2D eigenvalue weighted by Gasteiger charge is -2.21. The maximum absolute atomic E-state index is 11.9. The third-order valence-electron chi connectivity index (χ3n) is 3.15. The van der Waals surface area contributed by atoms with Gasteiger partial charge in [-0.25, -0.2) is 4.79 Å². The molecule has 1 rings (SSSR count). The fraction of sp³-hybridized carbons (Fsp3) is 0.467. The molecule has 1 N–H and O–H groups in total. The number of amides is 1. The van der Waals surface area contributed by atoms with Gasteiger partial charge in [0.2, 0.25) is 0 Å². The summed E-state index contributed by atoms with van der Waals surface area (Å²) < 4.78 is 11.0. The summed E-state index contributed by atoms with van der Waals surface area (Å²) in [6.07, 6.45) is 0.756. The number of halogens is 1. The fourth-order valence-corrected chi connectivity index (χ4v) is 2.10. The standard InChI is InChI=1S/C15H20BrNO4/c1-4-10(2)14(15(19)20-3)17-13(18)9-21-12-7-5-6-11(16)8-12/h5-8,10,14H,4,9H2,1-3H3,(H,17,18)/t10-,14+/m0/s1. The van der Waals surface area contributed by atoms with Gasteiger partial charge in [-0.15, -0.1) is 0 Å². The average Bonchev–Trinajstić information content (AvgIpc) is 2.49. The molecule has 1 amide bonds. The second-order valence-corrected chi connectivity index (χ2v) is 5.62. The highest BCUT2D eigenvalue weighted by molar-refractivity contribution is 9.10. The molecule has 0 heterocycles. The molecule has 6 heteroatoms. The van der Waals surface area contributed by atoms with E-state index >= 15 is 0 Å². The number of nitrogens with one attached hydrogen (secondary N) is 1. The second kappa shape index (κ2) is 8.67. The minimum Gasteiger partial charge on any atom is -0.484 e. The van der Waals surface area contributed by atoms with Crippen LogP contribution in [0.2, 0.25) is 0 Å². The van der Waals surface area contributed by atoms with E-state index in [1.165, 1.54) is 7.11 Å². The molecule has 2 atom stereocenters. The van der Waals surface area contributed by atoms with Gasteiger partial charge >= 0.3 is 5.97 Å². The number of carbonyl (C=O) groups excluding carboxylic acids is 2. The molecule has 0 unspecified atom stereocenters. The summed E-state index contributed by atoms with van der Waals surface area (Å²) >= 11 is 3.32. The first-order valence-electron chi connectivity index (χ1n) is 6.73. The highest BCUT2D eigenvalue weighted by atomic mass is 79.9. The van der Waals surface area contributed by atoms with Gasteiger partial charge in [-0.05, 0) is 24.1 Å². The number of carbonyl (C=O) groups is 2. The quantitative estimate of drug-likeness (QED) is 0.761. The summed E-state index contributed by atoms with van der Waals surface area (Å²) in [7, 11) is 1.31. The summed E-state index contributed by atoms with van der Waals surface area (Å²) in [5, 5.41) is 2.65. The summed E-state index contributed by atoms with van der Waals surface area (Å²) in [5.74, 6) is -0.226. The van der Waals surface area contributed by atoms with E-state index in [1.807, 2.05) is 26.0 Å². The molecule has 116 valence electrons. The molecule has 5 nitrogen and oxygen atoms in total. The maximum atomic E-state index is 11.9. The molecular weight excluding hydrogens is 338 g/mol. The van der Waals surface area contributed by atoms with Crippen LogP contribution in [0, 0.1) is 5.92 Å². The number of rotatable bonds is 7. The molecule has 0 saturated carbocycles. The highest BCUT2D eigenvalue weighted by Crippen LogP contribution is 2.17. The SMILES string of the molecule is CC[C@H](C)[C@@H](NC(=O)COc1cccc(Br)c1)C(=O)OC. The van der Waals surface area contributed by atoms with Crippen LogP contribution in [0.3, 0.4) is 0 Å². The Morgan fingerprint density at radius 1 is 1.38 bits per heavy atom. The Bertz CT molecular complexity index is 492. The molecule has 0 saturated heterocycles. The van der Waals surface area contributed by atoms with Gasteiger partial charge in [0.25, 0.3) is 5.91 Å². The third-order valence-corrected chi connectivity index (χ3v) is 3.64. The van der Waals surface area contributed by atoms with E-state index in [9.17, 15) is 9.59 Å². The Balaban J connectivity index is 2.56. The van der Waals surface area contributed by atoms with Crippen molar-refractivity contribution in [3.05, 3.63) is 28.7 Å². The number of benzene rings is 1. The number of ether oxygens (including phenoxy) is 2. The zero-order valence-electron chi connectivity index (χ0n) is 12.4. The monoisotopic (exact) mass is 357 g/mol. The number of esters is 1.